The lowest BCUT2D eigenvalue weighted by Gasteiger charge is -2.25. The number of carbonyl (C=O) groups excluding carboxylic acids is 1. The van der Waals surface area contributed by atoms with Crippen molar-refractivity contribution in [2.24, 2.45) is 0 Å². The van der Waals surface area contributed by atoms with Crippen LogP contribution in [0.1, 0.15) is 35.2 Å². The summed E-state index contributed by atoms with van der Waals surface area (Å²) in [6.45, 7) is 3.06. The maximum atomic E-state index is 12.6. The lowest BCUT2D eigenvalue weighted by atomic mass is 10.2. The molecule has 0 N–H and O–H groups in total. The van der Waals surface area contributed by atoms with Crippen LogP contribution in [-0.4, -0.2) is 31.8 Å². The maximum Gasteiger partial charge on any atom is 0.343 e. The molecule has 0 atom stereocenters. The van der Waals surface area contributed by atoms with Gasteiger partial charge in [-0.1, -0.05) is 24.1 Å². The van der Waals surface area contributed by atoms with Gasteiger partial charge < -0.3 is 4.74 Å². The summed E-state index contributed by atoms with van der Waals surface area (Å²) < 4.78 is 32.0. The Morgan fingerprint density at radius 3 is 2.12 bits per heavy atom. The Morgan fingerprint density at radius 2 is 1.52 bits per heavy atom. The molecule has 1 fully saturated rings. The second-order valence-electron chi connectivity index (χ2n) is 6.19. The molecular formula is C19H21NO4S. The number of nitrogens with zero attached hydrogens (tertiary/aromatic N) is 1. The molecule has 0 bridgehead atoms. The molecule has 2 aromatic rings. The van der Waals surface area contributed by atoms with Gasteiger partial charge in [-0.15, -0.1) is 0 Å². The van der Waals surface area contributed by atoms with Crippen LogP contribution in [0.25, 0.3) is 0 Å². The lowest BCUT2D eigenvalue weighted by Crippen LogP contribution is -2.35. The second-order valence-corrected chi connectivity index (χ2v) is 8.13. The normalized spacial score (nSPS) is 15.7. The average Bonchev–Trinajstić information content (AvgIpc) is 2.64. The van der Waals surface area contributed by atoms with E-state index in [1.165, 1.54) is 28.6 Å². The molecule has 1 heterocycles. The van der Waals surface area contributed by atoms with E-state index < -0.39 is 16.0 Å². The van der Waals surface area contributed by atoms with Crippen LogP contribution < -0.4 is 4.74 Å². The van der Waals surface area contributed by atoms with Crippen LogP contribution in [0, 0.1) is 6.92 Å². The highest BCUT2D eigenvalue weighted by Crippen LogP contribution is 2.21. The predicted octanol–water partition coefficient (Wildman–Crippen LogP) is 3.39. The van der Waals surface area contributed by atoms with E-state index in [1.54, 1.807) is 12.1 Å². The number of hydrogen-bond acceptors (Lipinski definition) is 4. The van der Waals surface area contributed by atoms with Crippen LogP contribution in [0.3, 0.4) is 0 Å². The number of sulfonamides is 1. The summed E-state index contributed by atoms with van der Waals surface area (Å²) in [7, 11) is -3.49. The monoisotopic (exact) mass is 359 g/mol. The summed E-state index contributed by atoms with van der Waals surface area (Å²) in [4.78, 5) is 12.4. The van der Waals surface area contributed by atoms with E-state index >= 15 is 0 Å². The van der Waals surface area contributed by atoms with E-state index in [9.17, 15) is 13.2 Å². The zero-order valence-electron chi connectivity index (χ0n) is 14.1. The Bertz CT molecular complexity index is 836. The largest absolute Gasteiger partial charge is 0.423 e. The van der Waals surface area contributed by atoms with Gasteiger partial charge in [-0.05, 0) is 56.2 Å². The van der Waals surface area contributed by atoms with Gasteiger partial charge in [0.1, 0.15) is 5.75 Å². The minimum Gasteiger partial charge on any atom is -0.423 e. The van der Waals surface area contributed by atoms with E-state index in [1.807, 2.05) is 19.1 Å². The van der Waals surface area contributed by atoms with Crippen molar-refractivity contribution in [1.82, 2.24) is 4.31 Å². The van der Waals surface area contributed by atoms with Gasteiger partial charge in [-0.3, -0.25) is 0 Å². The van der Waals surface area contributed by atoms with Crippen molar-refractivity contribution in [3.8, 4) is 5.75 Å². The summed E-state index contributed by atoms with van der Waals surface area (Å²) in [5.41, 5.74) is 1.39. The first-order valence-electron chi connectivity index (χ1n) is 8.36. The molecule has 0 spiro atoms. The quantitative estimate of drug-likeness (QED) is 0.620. The Kier molecular flexibility index (Phi) is 5.20. The average molecular weight is 359 g/mol. The minimum atomic E-state index is -3.49. The summed E-state index contributed by atoms with van der Waals surface area (Å²) in [5, 5.41) is 0. The summed E-state index contributed by atoms with van der Waals surface area (Å²) >= 11 is 0. The number of piperidine rings is 1. The van der Waals surface area contributed by atoms with Gasteiger partial charge >= 0.3 is 5.97 Å². The molecule has 0 unspecified atom stereocenters. The molecule has 3 rings (SSSR count). The summed E-state index contributed by atoms with van der Waals surface area (Å²) in [5.74, 6) is -0.0496. The topological polar surface area (TPSA) is 63.7 Å². The third kappa shape index (κ3) is 4.08. The highest BCUT2D eigenvalue weighted by molar-refractivity contribution is 7.89. The van der Waals surface area contributed by atoms with E-state index in [0.717, 1.165) is 24.8 Å². The Labute approximate surface area is 148 Å². The van der Waals surface area contributed by atoms with E-state index in [0.29, 0.717) is 24.4 Å². The standard InChI is InChI=1S/C19H21NO4S/c1-15-5-9-17(10-6-15)24-19(21)16-7-11-18(12-8-16)25(22,23)20-13-3-2-4-14-20/h5-12H,2-4,13-14H2,1H3. The van der Waals surface area contributed by atoms with Crippen molar-refractivity contribution in [2.75, 3.05) is 13.1 Å². The Morgan fingerprint density at radius 1 is 0.920 bits per heavy atom. The van der Waals surface area contributed by atoms with E-state index in [-0.39, 0.29) is 4.90 Å². The molecule has 6 heteroatoms. The smallest absolute Gasteiger partial charge is 0.343 e. The van der Waals surface area contributed by atoms with Crippen LogP contribution >= 0.6 is 0 Å². The molecule has 0 aliphatic carbocycles. The predicted molar refractivity (Wildman–Crippen MR) is 95.2 cm³/mol. The molecule has 5 nitrogen and oxygen atoms in total. The van der Waals surface area contributed by atoms with Gasteiger partial charge in [0.05, 0.1) is 10.5 Å². The molecule has 0 radical (unpaired) electrons. The SMILES string of the molecule is Cc1ccc(OC(=O)c2ccc(S(=O)(=O)N3CCCCC3)cc2)cc1. The highest BCUT2D eigenvalue weighted by atomic mass is 32.2. The van der Waals surface area contributed by atoms with Gasteiger partial charge in [-0.25, -0.2) is 13.2 Å². The van der Waals surface area contributed by atoms with E-state index in [4.69, 9.17) is 4.74 Å². The van der Waals surface area contributed by atoms with Crippen LogP contribution in [0.5, 0.6) is 5.75 Å². The molecular weight excluding hydrogens is 338 g/mol. The molecule has 1 aliphatic rings. The fraction of sp³-hybridized carbons (Fsp3) is 0.316. The number of rotatable bonds is 4. The minimum absolute atomic E-state index is 0.210. The van der Waals surface area contributed by atoms with Gasteiger partial charge in [0.2, 0.25) is 10.0 Å². The summed E-state index contributed by atoms with van der Waals surface area (Å²) in [6, 6.07) is 13.1. The number of ether oxygens (including phenoxy) is 1. The lowest BCUT2D eigenvalue weighted by molar-refractivity contribution is 0.0734. The number of esters is 1. The fourth-order valence-corrected chi connectivity index (χ4v) is 4.31. The van der Waals surface area contributed by atoms with Gasteiger partial charge in [0, 0.05) is 13.1 Å². The first-order chi connectivity index (χ1) is 12.0. The van der Waals surface area contributed by atoms with Crippen LogP contribution in [0.2, 0.25) is 0 Å². The number of benzene rings is 2. The Hall–Kier alpha value is -2.18. The van der Waals surface area contributed by atoms with Crippen molar-refractivity contribution in [3.05, 3.63) is 59.7 Å². The zero-order valence-corrected chi connectivity index (χ0v) is 15.0. The van der Waals surface area contributed by atoms with Crippen LogP contribution in [0.15, 0.2) is 53.4 Å². The maximum absolute atomic E-state index is 12.6. The first kappa shape index (κ1) is 17.6. The Balaban J connectivity index is 1.73. The fourth-order valence-electron chi connectivity index (χ4n) is 2.79. The number of hydrogen-bond donors (Lipinski definition) is 0. The van der Waals surface area contributed by atoms with Gasteiger partial charge in [0.15, 0.2) is 0 Å². The number of carbonyl (C=O) groups is 1. The molecule has 25 heavy (non-hydrogen) atoms. The number of aryl methyl sites for hydroxylation is 1. The van der Waals surface area contributed by atoms with Crippen LogP contribution in [0.4, 0.5) is 0 Å². The van der Waals surface area contributed by atoms with Crippen molar-refractivity contribution in [2.45, 2.75) is 31.1 Å². The molecule has 1 saturated heterocycles. The third-order valence-electron chi connectivity index (χ3n) is 4.27. The van der Waals surface area contributed by atoms with Crippen LogP contribution in [-0.2, 0) is 10.0 Å². The zero-order chi connectivity index (χ0) is 17.9. The molecule has 0 amide bonds. The third-order valence-corrected chi connectivity index (χ3v) is 6.19. The molecule has 132 valence electrons. The van der Waals surface area contributed by atoms with Crippen molar-refractivity contribution in [1.29, 1.82) is 0 Å². The highest BCUT2D eigenvalue weighted by Gasteiger charge is 2.26. The summed E-state index contributed by atoms with van der Waals surface area (Å²) in [6.07, 6.45) is 2.84. The van der Waals surface area contributed by atoms with E-state index in [2.05, 4.69) is 0 Å². The first-order valence-corrected chi connectivity index (χ1v) is 9.80. The molecule has 0 aromatic heterocycles. The molecule has 2 aromatic carbocycles. The van der Waals surface area contributed by atoms with Gasteiger partial charge in [0.25, 0.3) is 0 Å². The molecule has 0 saturated carbocycles. The van der Waals surface area contributed by atoms with Crippen molar-refractivity contribution in [3.63, 3.8) is 0 Å². The van der Waals surface area contributed by atoms with Crippen molar-refractivity contribution >= 4 is 16.0 Å². The second kappa shape index (κ2) is 7.37. The molecule has 1 aliphatic heterocycles. The van der Waals surface area contributed by atoms with Crippen molar-refractivity contribution < 1.29 is 17.9 Å². The van der Waals surface area contributed by atoms with Gasteiger partial charge in [-0.2, -0.15) is 4.31 Å².